The molecule has 1 fully saturated rings. The van der Waals surface area contributed by atoms with Gasteiger partial charge in [-0.3, -0.25) is 9.20 Å². The van der Waals surface area contributed by atoms with E-state index in [0.717, 1.165) is 35.2 Å². The van der Waals surface area contributed by atoms with Gasteiger partial charge in [-0.1, -0.05) is 12.1 Å². The molecule has 0 aliphatic carbocycles. The van der Waals surface area contributed by atoms with Crippen LogP contribution in [0.4, 0.5) is 10.5 Å². The third-order valence-corrected chi connectivity index (χ3v) is 6.07. The largest absolute Gasteiger partial charge is 0.444 e. The number of fused-ring (bicyclic) bond motifs is 1. The van der Waals surface area contributed by atoms with Gasteiger partial charge in [-0.2, -0.15) is 0 Å². The van der Waals surface area contributed by atoms with Crippen molar-refractivity contribution >= 4 is 23.6 Å². The summed E-state index contributed by atoms with van der Waals surface area (Å²) in [6.45, 7) is 6.86. The number of carbonyl (C=O) groups is 1. The second-order valence-corrected chi connectivity index (χ2v) is 9.61. The minimum absolute atomic E-state index is 0.151. The van der Waals surface area contributed by atoms with E-state index in [2.05, 4.69) is 5.32 Å². The molecule has 1 aliphatic heterocycles. The number of pyridine rings is 1. The summed E-state index contributed by atoms with van der Waals surface area (Å²) in [5.41, 5.74) is 3.93. The zero-order chi connectivity index (χ0) is 24.5. The van der Waals surface area contributed by atoms with Crippen molar-refractivity contribution in [3.63, 3.8) is 0 Å². The summed E-state index contributed by atoms with van der Waals surface area (Å²) in [5, 5.41) is 10.7. The predicted molar refractivity (Wildman–Crippen MR) is 134 cm³/mol. The van der Waals surface area contributed by atoms with Crippen molar-refractivity contribution in [2.75, 3.05) is 25.5 Å². The number of piperidine rings is 1. The van der Waals surface area contributed by atoms with Crippen molar-refractivity contribution in [1.29, 1.82) is 5.41 Å². The van der Waals surface area contributed by atoms with Crippen LogP contribution in [0.15, 0.2) is 47.4 Å². The Balaban J connectivity index is 1.55. The molecule has 1 saturated heterocycles. The fourth-order valence-electron chi connectivity index (χ4n) is 4.30. The number of aromatic nitrogens is 2. The maximum Gasteiger partial charge on any atom is 0.410 e. The summed E-state index contributed by atoms with van der Waals surface area (Å²) in [6.07, 6.45) is 4.51. The first kappa shape index (κ1) is 23.5. The van der Waals surface area contributed by atoms with Gasteiger partial charge in [0.25, 0.3) is 5.56 Å². The molecule has 0 atom stereocenters. The number of likely N-dealkylation sites (tertiary alicyclic amines) is 1. The van der Waals surface area contributed by atoms with Crippen molar-refractivity contribution in [3.8, 4) is 11.3 Å². The molecule has 34 heavy (non-hydrogen) atoms. The van der Waals surface area contributed by atoms with Crippen LogP contribution >= 0.6 is 0 Å². The molecule has 0 saturated carbocycles. The van der Waals surface area contributed by atoms with E-state index in [1.54, 1.807) is 9.30 Å². The van der Waals surface area contributed by atoms with Gasteiger partial charge in [0.2, 0.25) is 0 Å². The lowest BCUT2D eigenvalue weighted by molar-refractivity contribution is 0.0205. The second kappa shape index (κ2) is 9.29. The van der Waals surface area contributed by atoms with Gasteiger partial charge < -0.3 is 20.4 Å². The highest BCUT2D eigenvalue weighted by molar-refractivity contribution is 5.88. The molecule has 2 N–H and O–H groups in total. The molecule has 178 valence electrons. The quantitative estimate of drug-likeness (QED) is 0.557. The maximum atomic E-state index is 13.0. The Kier molecular flexibility index (Phi) is 6.41. The highest BCUT2D eigenvalue weighted by atomic mass is 16.6. The number of anilines is 1. The molecular formula is C26H31N5O3. The molecule has 3 aromatic rings. The molecular weight excluding hydrogens is 430 g/mol. The van der Waals surface area contributed by atoms with E-state index in [9.17, 15) is 9.59 Å². The molecule has 1 aliphatic rings. The van der Waals surface area contributed by atoms with Gasteiger partial charge in [0.15, 0.2) is 0 Å². The van der Waals surface area contributed by atoms with Crippen molar-refractivity contribution in [3.05, 3.63) is 64.1 Å². The fraction of sp³-hybridized carbons (Fsp3) is 0.385. The first-order chi connectivity index (χ1) is 16.2. The van der Waals surface area contributed by atoms with Crippen LogP contribution in [0.1, 0.15) is 50.7 Å². The Hall–Kier alpha value is -3.68. The van der Waals surface area contributed by atoms with Crippen LogP contribution in [-0.4, -0.2) is 52.3 Å². The summed E-state index contributed by atoms with van der Waals surface area (Å²) < 4.78 is 7.07. The first-order valence-electron chi connectivity index (χ1n) is 11.5. The lowest BCUT2D eigenvalue weighted by Crippen LogP contribution is -2.41. The average molecular weight is 462 g/mol. The molecule has 0 radical (unpaired) electrons. The minimum Gasteiger partial charge on any atom is -0.444 e. The van der Waals surface area contributed by atoms with E-state index in [1.807, 2.05) is 64.3 Å². The maximum absolute atomic E-state index is 13.0. The molecule has 3 heterocycles. The van der Waals surface area contributed by atoms with E-state index in [-0.39, 0.29) is 17.6 Å². The van der Waals surface area contributed by atoms with Gasteiger partial charge >= 0.3 is 6.09 Å². The normalized spacial score (nSPS) is 14.8. The van der Waals surface area contributed by atoms with Gasteiger partial charge in [0, 0.05) is 55.4 Å². The number of nitrogens with one attached hydrogen (secondary N) is 2. The Labute approximate surface area is 199 Å². The van der Waals surface area contributed by atoms with Gasteiger partial charge in [-0.05, 0) is 63.3 Å². The average Bonchev–Trinajstić information content (AvgIpc) is 2.82. The highest BCUT2D eigenvalue weighted by Crippen LogP contribution is 2.29. The summed E-state index contributed by atoms with van der Waals surface area (Å²) in [7, 11) is 1.81. The second-order valence-electron chi connectivity index (χ2n) is 9.61. The predicted octanol–water partition coefficient (Wildman–Crippen LogP) is 4.52. The van der Waals surface area contributed by atoms with Crippen LogP contribution in [0.3, 0.4) is 0 Å². The standard InChI is InChI=1S/C26H31N5O3/c1-26(2,3)34-25(33)30-11-9-17(10-12-30)19-6-8-23-29-22(14-24(32)31(23)16-19)18-5-7-21(28-4)20(13-18)15-27/h5-8,13-17,27-28H,9-12H2,1-4H3. The zero-order valence-electron chi connectivity index (χ0n) is 20.1. The van der Waals surface area contributed by atoms with E-state index >= 15 is 0 Å². The molecule has 2 aromatic heterocycles. The van der Waals surface area contributed by atoms with Gasteiger partial charge in [0.1, 0.15) is 11.2 Å². The number of rotatable bonds is 4. The Morgan fingerprint density at radius 1 is 1.18 bits per heavy atom. The first-order valence-corrected chi connectivity index (χ1v) is 11.5. The lowest BCUT2D eigenvalue weighted by Gasteiger charge is -2.33. The molecule has 0 unspecified atom stereocenters. The summed E-state index contributed by atoms with van der Waals surface area (Å²) in [5.74, 6) is 0.263. The lowest BCUT2D eigenvalue weighted by atomic mass is 9.90. The number of ether oxygens (including phenoxy) is 1. The summed E-state index contributed by atoms with van der Waals surface area (Å²) >= 11 is 0. The third kappa shape index (κ3) is 4.95. The van der Waals surface area contributed by atoms with Gasteiger partial charge in [-0.25, -0.2) is 9.78 Å². The molecule has 1 amide bonds. The van der Waals surface area contributed by atoms with E-state index in [1.165, 1.54) is 12.3 Å². The summed E-state index contributed by atoms with van der Waals surface area (Å²) in [6, 6.07) is 11.1. The van der Waals surface area contributed by atoms with Crippen LogP contribution in [0.25, 0.3) is 16.9 Å². The number of benzene rings is 1. The Morgan fingerprint density at radius 2 is 1.91 bits per heavy atom. The molecule has 8 nitrogen and oxygen atoms in total. The van der Waals surface area contributed by atoms with Crippen LogP contribution < -0.4 is 10.9 Å². The number of amides is 1. The van der Waals surface area contributed by atoms with Crippen LogP contribution in [0, 0.1) is 5.41 Å². The van der Waals surface area contributed by atoms with Crippen LogP contribution in [0.5, 0.6) is 0 Å². The number of hydrogen-bond acceptors (Lipinski definition) is 6. The summed E-state index contributed by atoms with van der Waals surface area (Å²) in [4.78, 5) is 31.7. The smallest absolute Gasteiger partial charge is 0.410 e. The van der Waals surface area contributed by atoms with Crippen molar-refractivity contribution in [1.82, 2.24) is 14.3 Å². The molecule has 4 rings (SSSR count). The SMILES string of the molecule is CNc1ccc(-c2cc(=O)n3cc(C4CCN(C(=O)OC(C)(C)C)CC4)ccc3n2)cc1C=N. The van der Waals surface area contributed by atoms with Gasteiger partial charge in [-0.15, -0.1) is 0 Å². The topological polar surface area (TPSA) is 99.8 Å². The Morgan fingerprint density at radius 3 is 2.56 bits per heavy atom. The molecule has 0 bridgehead atoms. The minimum atomic E-state index is -0.505. The van der Waals surface area contributed by atoms with E-state index in [4.69, 9.17) is 15.1 Å². The van der Waals surface area contributed by atoms with E-state index in [0.29, 0.717) is 24.4 Å². The molecule has 1 aromatic carbocycles. The zero-order valence-corrected chi connectivity index (χ0v) is 20.1. The van der Waals surface area contributed by atoms with Crippen LogP contribution in [-0.2, 0) is 4.74 Å². The highest BCUT2D eigenvalue weighted by Gasteiger charge is 2.27. The number of nitrogens with zero attached hydrogens (tertiary/aromatic N) is 3. The number of hydrogen-bond donors (Lipinski definition) is 2. The molecule has 0 spiro atoms. The van der Waals surface area contributed by atoms with Gasteiger partial charge in [0.05, 0.1) is 5.69 Å². The van der Waals surface area contributed by atoms with Crippen molar-refractivity contribution in [2.45, 2.75) is 45.1 Å². The monoisotopic (exact) mass is 461 g/mol. The fourth-order valence-corrected chi connectivity index (χ4v) is 4.30. The van der Waals surface area contributed by atoms with Crippen LogP contribution in [0.2, 0.25) is 0 Å². The Bertz CT molecular complexity index is 1280. The van der Waals surface area contributed by atoms with Crippen molar-refractivity contribution in [2.24, 2.45) is 0 Å². The van der Waals surface area contributed by atoms with Crippen molar-refractivity contribution < 1.29 is 9.53 Å². The third-order valence-electron chi connectivity index (χ3n) is 6.07. The number of carbonyl (C=O) groups excluding carboxylic acids is 1. The molecule has 8 heteroatoms. The van der Waals surface area contributed by atoms with E-state index < -0.39 is 5.60 Å².